The van der Waals surface area contributed by atoms with Crippen LogP contribution in [0.1, 0.15) is 18.4 Å². The Bertz CT molecular complexity index is 315. The zero-order valence-electron chi connectivity index (χ0n) is 8.52. The van der Waals surface area contributed by atoms with E-state index >= 15 is 0 Å². The van der Waals surface area contributed by atoms with E-state index < -0.39 is 5.97 Å². The minimum absolute atomic E-state index is 0.148. The van der Waals surface area contributed by atoms with Crippen molar-refractivity contribution in [2.24, 2.45) is 5.92 Å². The first-order valence-electron chi connectivity index (χ1n) is 5.18. The van der Waals surface area contributed by atoms with E-state index in [1.54, 1.807) is 0 Å². The van der Waals surface area contributed by atoms with Gasteiger partial charge in [-0.2, -0.15) is 5.10 Å². The first kappa shape index (κ1) is 10.2. The van der Waals surface area contributed by atoms with Gasteiger partial charge in [0.1, 0.15) is 0 Å². The van der Waals surface area contributed by atoms with E-state index in [1.807, 2.05) is 12.4 Å². The van der Waals surface area contributed by atoms with E-state index in [9.17, 15) is 4.79 Å². The molecule has 0 atom stereocenters. The summed E-state index contributed by atoms with van der Waals surface area (Å²) in [5.74, 6) is -0.802. The highest BCUT2D eigenvalue weighted by molar-refractivity contribution is 5.70. The van der Waals surface area contributed by atoms with Gasteiger partial charge >= 0.3 is 5.97 Å². The van der Waals surface area contributed by atoms with Gasteiger partial charge in [-0.15, -0.1) is 0 Å². The van der Waals surface area contributed by atoms with E-state index in [-0.39, 0.29) is 5.92 Å². The van der Waals surface area contributed by atoms with Crippen LogP contribution in [-0.2, 0) is 11.3 Å². The summed E-state index contributed by atoms with van der Waals surface area (Å²) in [7, 11) is 0. The van der Waals surface area contributed by atoms with Crippen LogP contribution in [0, 0.1) is 5.92 Å². The third-order valence-electron chi connectivity index (χ3n) is 2.90. The van der Waals surface area contributed by atoms with Crippen LogP contribution in [0.4, 0.5) is 0 Å². The van der Waals surface area contributed by atoms with Crippen molar-refractivity contribution in [3.63, 3.8) is 0 Å². The Morgan fingerprint density at radius 2 is 2.33 bits per heavy atom. The maximum absolute atomic E-state index is 10.7. The van der Waals surface area contributed by atoms with E-state index in [1.165, 1.54) is 0 Å². The topological polar surface area (TPSA) is 69.2 Å². The molecule has 2 heterocycles. The monoisotopic (exact) mass is 209 g/mol. The quantitative estimate of drug-likeness (QED) is 0.769. The first-order chi connectivity index (χ1) is 7.25. The van der Waals surface area contributed by atoms with Crippen molar-refractivity contribution in [1.82, 2.24) is 15.1 Å². The molecule has 0 aromatic carbocycles. The predicted octanol–water partition coefficient (Wildman–Crippen LogP) is 0.706. The van der Waals surface area contributed by atoms with E-state index in [0.29, 0.717) is 0 Å². The van der Waals surface area contributed by atoms with Crippen molar-refractivity contribution >= 4 is 5.97 Å². The molecular weight excluding hydrogens is 194 g/mol. The Hall–Kier alpha value is -1.36. The summed E-state index contributed by atoms with van der Waals surface area (Å²) < 4.78 is 0. The highest BCUT2D eigenvalue weighted by Gasteiger charge is 2.24. The van der Waals surface area contributed by atoms with Crippen LogP contribution in [0.3, 0.4) is 0 Å². The smallest absolute Gasteiger partial charge is 0.306 e. The Morgan fingerprint density at radius 3 is 2.87 bits per heavy atom. The Kier molecular flexibility index (Phi) is 3.01. The van der Waals surface area contributed by atoms with Gasteiger partial charge in [0.25, 0.3) is 0 Å². The molecule has 2 N–H and O–H groups in total. The molecule has 0 amide bonds. The summed E-state index contributed by atoms with van der Waals surface area (Å²) in [6, 6.07) is 0. The second-order valence-corrected chi connectivity index (χ2v) is 4.00. The van der Waals surface area contributed by atoms with E-state index in [0.717, 1.165) is 38.0 Å². The molecule has 2 rings (SSSR count). The van der Waals surface area contributed by atoms with E-state index in [4.69, 9.17) is 5.11 Å². The van der Waals surface area contributed by atoms with Gasteiger partial charge in [0.2, 0.25) is 0 Å². The van der Waals surface area contributed by atoms with Crippen molar-refractivity contribution < 1.29 is 9.90 Å². The van der Waals surface area contributed by atoms with Crippen molar-refractivity contribution in [1.29, 1.82) is 0 Å². The second-order valence-electron chi connectivity index (χ2n) is 4.00. The normalized spacial score (nSPS) is 19.2. The number of aromatic amines is 1. The molecule has 0 aliphatic carbocycles. The highest BCUT2D eigenvalue weighted by atomic mass is 16.4. The number of nitrogens with zero attached hydrogens (tertiary/aromatic N) is 2. The van der Waals surface area contributed by atoms with Gasteiger partial charge in [-0.3, -0.25) is 14.8 Å². The van der Waals surface area contributed by atoms with Crippen molar-refractivity contribution in [2.45, 2.75) is 19.4 Å². The van der Waals surface area contributed by atoms with Gasteiger partial charge in [0.15, 0.2) is 0 Å². The minimum Gasteiger partial charge on any atom is -0.481 e. The third kappa shape index (κ3) is 2.56. The maximum atomic E-state index is 10.7. The number of hydrogen-bond donors (Lipinski definition) is 2. The Labute approximate surface area is 88.1 Å². The molecular formula is C10H15N3O2. The molecule has 0 saturated carbocycles. The average Bonchev–Trinajstić information content (AvgIpc) is 2.71. The first-order valence-corrected chi connectivity index (χ1v) is 5.18. The number of carboxylic acid groups (broad SMARTS) is 1. The molecule has 82 valence electrons. The fraction of sp³-hybridized carbons (Fsp3) is 0.600. The fourth-order valence-corrected chi connectivity index (χ4v) is 1.96. The molecule has 1 aromatic rings. The SMILES string of the molecule is O=C(O)C1CCN(Cc2cn[nH]c2)CC1. The standard InChI is InChI=1S/C10H15N3O2/c14-10(15)9-1-3-13(4-2-9)7-8-5-11-12-6-8/h5-6,9H,1-4,7H2,(H,11,12)(H,14,15). The number of H-pyrrole nitrogens is 1. The van der Waals surface area contributed by atoms with Gasteiger partial charge in [-0.25, -0.2) is 0 Å². The number of piperidine rings is 1. The molecule has 1 fully saturated rings. The summed E-state index contributed by atoms with van der Waals surface area (Å²) in [5, 5.41) is 15.5. The Balaban J connectivity index is 1.81. The zero-order chi connectivity index (χ0) is 10.7. The van der Waals surface area contributed by atoms with Crippen LogP contribution < -0.4 is 0 Å². The molecule has 0 unspecified atom stereocenters. The fourth-order valence-electron chi connectivity index (χ4n) is 1.96. The number of likely N-dealkylation sites (tertiary alicyclic amines) is 1. The van der Waals surface area contributed by atoms with Gasteiger partial charge < -0.3 is 5.11 Å². The number of hydrogen-bond acceptors (Lipinski definition) is 3. The van der Waals surface area contributed by atoms with Crippen LogP contribution in [-0.4, -0.2) is 39.3 Å². The lowest BCUT2D eigenvalue weighted by Crippen LogP contribution is -2.35. The summed E-state index contributed by atoms with van der Waals surface area (Å²) in [5.41, 5.74) is 1.16. The summed E-state index contributed by atoms with van der Waals surface area (Å²) >= 11 is 0. The zero-order valence-corrected chi connectivity index (χ0v) is 8.52. The van der Waals surface area contributed by atoms with Crippen molar-refractivity contribution in [2.75, 3.05) is 13.1 Å². The number of rotatable bonds is 3. The molecule has 1 aliphatic rings. The molecule has 1 aromatic heterocycles. The van der Waals surface area contributed by atoms with Crippen LogP contribution in [0.25, 0.3) is 0 Å². The van der Waals surface area contributed by atoms with Crippen LogP contribution in [0.2, 0.25) is 0 Å². The lowest BCUT2D eigenvalue weighted by molar-refractivity contribution is -0.143. The number of aliphatic carboxylic acids is 1. The Morgan fingerprint density at radius 1 is 1.60 bits per heavy atom. The summed E-state index contributed by atoms with van der Waals surface area (Å²) in [4.78, 5) is 13.0. The van der Waals surface area contributed by atoms with Crippen molar-refractivity contribution in [3.8, 4) is 0 Å². The van der Waals surface area contributed by atoms with Crippen molar-refractivity contribution in [3.05, 3.63) is 18.0 Å². The highest BCUT2D eigenvalue weighted by Crippen LogP contribution is 2.18. The van der Waals surface area contributed by atoms with Gasteiger partial charge in [-0.05, 0) is 25.9 Å². The number of carboxylic acids is 1. The van der Waals surface area contributed by atoms with Gasteiger partial charge in [0, 0.05) is 18.3 Å². The van der Waals surface area contributed by atoms with Gasteiger partial charge in [-0.1, -0.05) is 0 Å². The molecule has 5 nitrogen and oxygen atoms in total. The minimum atomic E-state index is -0.655. The molecule has 0 spiro atoms. The number of carbonyl (C=O) groups is 1. The molecule has 0 radical (unpaired) electrons. The third-order valence-corrected chi connectivity index (χ3v) is 2.90. The maximum Gasteiger partial charge on any atom is 0.306 e. The van der Waals surface area contributed by atoms with Crippen LogP contribution >= 0.6 is 0 Å². The van der Waals surface area contributed by atoms with Crippen LogP contribution in [0.15, 0.2) is 12.4 Å². The molecule has 0 bridgehead atoms. The lowest BCUT2D eigenvalue weighted by atomic mass is 9.97. The average molecular weight is 209 g/mol. The van der Waals surface area contributed by atoms with Gasteiger partial charge in [0.05, 0.1) is 12.1 Å². The van der Waals surface area contributed by atoms with Crippen LogP contribution in [0.5, 0.6) is 0 Å². The predicted molar refractivity (Wildman–Crippen MR) is 54.2 cm³/mol. The molecule has 1 saturated heterocycles. The lowest BCUT2D eigenvalue weighted by Gasteiger charge is -2.29. The number of nitrogens with one attached hydrogen (secondary N) is 1. The summed E-state index contributed by atoms with van der Waals surface area (Å²) in [6.45, 7) is 2.59. The molecule has 5 heteroatoms. The molecule has 1 aliphatic heterocycles. The second kappa shape index (κ2) is 4.44. The van der Waals surface area contributed by atoms with E-state index in [2.05, 4.69) is 15.1 Å². The molecule has 15 heavy (non-hydrogen) atoms. The largest absolute Gasteiger partial charge is 0.481 e. The summed E-state index contributed by atoms with van der Waals surface area (Å²) in [6.07, 6.45) is 5.20. The number of aromatic nitrogens is 2.